The number of hydrogen-bond donors (Lipinski definition) is 1. The van der Waals surface area contributed by atoms with Crippen molar-refractivity contribution in [2.45, 2.75) is 39.3 Å². The van der Waals surface area contributed by atoms with Crippen molar-refractivity contribution < 1.29 is 4.42 Å². The lowest BCUT2D eigenvalue weighted by Gasteiger charge is -2.02. The first-order valence-electron chi connectivity index (χ1n) is 6.92. The van der Waals surface area contributed by atoms with Gasteiger partial charge in [-0.15, -0.1) is 0 Å². The lowest BCUT2D eigenvalue weighted by atomic mass is 10.2. The molecule has 0 bridgehead atoms. The lowest BCUT2D eigenvalue weighted by molar-refractivity contribution is 0.444. The maximum Gasteiger partial charge on any atom is 0.117 e. The highest BCUT2D eigenvalue weighted by molar-refractivity contribution is 5.18. The molecule has 1 N–H and O–H groups in total. The Kier molecular flexibility index (Phi) is 3.19. The molecule has 1 aliphatic rings. The molecule has 0 amide bonds. The molecule has 0 radical (unpaired) electrons. The average Bonchev–Trinajstić information content (AvgIpc) is 2.82. The maximum atomic E-state index is 5.87. The summed E-state index contributed by atoms with van der Waals surface area (Å²) in [5.74, 6) is 3.64. The molecule has 2 aromatic rings. The molecule has 4 heteroatoms. The van der Waals surface area contributed by atoms with E-state index in [-0.39, 0.29) is 0 Å². The summed E-state index contributed by atoms with van der Waals surface area (Å²) in [7, 11) is 1.97. The van der Waals surface area contributed by atoms with Gasteiger partial charge >= 0.3 is 0 Å². The molecule has 102 valence electrons. The minimum absolute atomic E-state index is 0.661. The van der Waals surface area contributed by atoms with E-state index in [2.05, 4.69) is 36.4 Å². The van der Waals surface area contributed by atoms with E-state index in [0.717, 1.165) is 30.5 Å². The van der Waals surface area contributed by atoms with E-state index in [1.807, 2.05) is 17.9 Å². The molecule has 2 heterocycles. The number of nitrogens with one attached hydrogen (secondary N) is 1. The second-order valence-electron chi connectivity index (χ2n) is 5.61. The molecule has 1 aliphatic carbocycles. The summed E-state index contributed by atoms with van der Waals surface area (Å²) < 4.78 is 7.77. The number of aryl methyl sites for hydroxylation is 1. The molecule has 0 saturated heterocycles. The van der Waals surface area contributed by atoms with Crippen molar-refractivity contribution >= 4 is 0 Å². The predicted molar refractivity (Wildman–Crippen MR) is 73.7 cm³/mol. The molecule has 0 spiro atoms. The van der Waals surface area contributed by atoms with Crippen LogP contribution in [0.3, 0.4) is 0 Å². The molecule has 4 nitrogen and oxygen atoms in total. The number of nitrogens with zero attached hydrogens (tertiary/aromatic N) is 2. The van der Waals surface area contributed by atoms with Gasteiger partial charge in [0.1, 0.15) is 11.5 Å². The second-order valence-corrected chi connectivity index (χ2v) is 5.61. The van der Waals surface area contributed by atoms with Crippen LogP contribution in [0.4, 0.5) is 0 Å². The smallest absolute Gasteiger partial charge is 0.117 e. The number of hydrogen-bond acceptors (Lipinski definition) is 3. The first kappa shape index (κ1) is 12.5. The Morgan fingerprint density at radius 3 is 2.84 bits per heavy atom. The Bertz CT molecular complexity index is 570. The van der Waals surface area contributed by atoms with E-state index in [0.29, 0.717) is 5.92 Å². The van der Waals surface area contributed by atoms with Gasteiger partial charge in [0.2, 0.25) is 0 Å². The summed E-state index contributed by atoms with van der Waals surface area (Å²) in [4.78, 5) is 0. The topological polar surface area (TPSA) is 43.0 Å². The third-order valence-electron chi connectivity index (χ3n) is 4.11. The molecule has 2 atom stereocenters. The monoisotopic (exact) mass is 259 g/mol. The first-order valence-corrected chi connectivity index (χ1v) is 6.92. The van der Waals surface area contributed by atoms with Gasteiger partial charge in [-0.25, -0.2) is 0 Å². The van der Waals surface area contributed by atoms with E-state index >= 15 is 0 Å². The van der Waals surface area contributed by atoms with Crippen LogP contribution < -0.4 is 5.32 Å². The minimum atomic E-state index is 0.661. The van der Waals surface area contributed by atoms with Crippen LogP contribution in [0.25, 0.3) is 0 Å². The van der Waals surface area contributed by atoms with Crippen LogP contribution in [-0.2, 0) is 20.1 Å². The summed E-state index contributed by atoms with van der Waals surface area (Å²) in [6, 6.07) is 4.21. The van der Waals surface area contributed by atoms with Crippen molar-refractivity contribution in [2.24, 2.45) is 13.0 Å². The molecule has 19 heavy (non-hydrogen) atoms. The van der Waals surface area contributed by atoms with Gasteiger partial charge in [0.05, 0.1) is 12.7 Å². The molecular formula is C15H21N3O. The molecule has 2 aromatic heterocycles. The van der Waals surface area contributed by atoms with E-state index in [1.165, 1.54) is 17.7 Å². The Balaban J connectivity index is 1.52. The van der Waals surface area contributed by atoms with Gasteiger partial charge in [-0.1, -0.05) is 6.92 Å². The van der Waals surface area contributed by atoms with E-state index in [4.69, 9.17) is 4.42 Å². The van der Waals surface area contributed by atoms with E-state index in [9.17, 15) is 0 Å². The Morgan fingerprint density at radius 2 is 2.21 bits per heavy atom. The third kappa shape index (κ3) is 2.59. The van der Waals surface area contributed by atoms with Crippen LogP contribution in [0.15, 0.2) is 22.7 Å². The van der Waals surface area contributed by atoms with Gasteiger partial charge in [0.15, 0.2) is 0 Å². The highest BCUT2D eigenvalue weighted by atomic mass is 16.3. The largest absolute Gasteiger partial charge is 0.464 e. The third-order valence-corrected chi connectivity index (χ3v) is 4.11. The normalized spacial score (nSPS) is 21.8. The van der Waals surface area contributed by atoms with Gasteiger partial charge in [-0.2, -0.15) is 5.10 Å². The zero-order chi connectivity index (χ0) is 13.4. The van der Waals surface area contributed by atoms with Crippen LogP contribution in [0, 0.1) is 12.8 Å². The quantitative estimate of drug-likeness (QED) is 0.897. The van der Waals surface area contributed by atoms with Gasteiger partial charge in [-0.3, -0.25) is 4.68 Å². The fraction of sp³-hybridized carbons (Fsp3) is 0.533. The highest BCUT2D eigenvalue weighted by Crippen LogP contribution is 2.47. The summed E-state index contributed by atoms with van der Waals surface area (Å²) >= 11 is 0. The van der Waals surface area contributed by atoms with E-state index in [1.54, 1.807) is 0 Å². The van der Waals surface area contributed by atoms with Gasteiger partial charge < -0.3 is 9.73 Å². The number of aromatic nitrogens is 2. The van der Waals surface area contributed by atoms with Crippen LogP contribution >= 0.6 is 0 Å². The fourth-order valence-electron chi connectivity index (χ4n) is 2.45. The van der Waals surface area contributed by atoms with Crippen molar-refractivity contribution in [3.05, 3.63) is 41.1 Å². The van der Waals surface area contributed by atoms with Gasteiger partial charge in [0.25, 0.3) is 0 Å². The highest BCUT2D eigenvalue weighted by Gasteiger charge is 2.36. The average molecular weight is 259 g/mol. The Hall–Kier alpha value is -1.55. The molecule has 3 rings (SSSR count). The second kappa shape index (κ2) is 4.85. The van der Waals surface area contributed by atoms with E-state index < -0.39 is 0 Å². The summed E-state index contributed by atoms with van der Waals surface area (Å²) in [5, 5.41) is 7.65. The van der Waals surface area contributed by atoms with Crippen molar-refractivity contribution in [1.29, 1.82) is 0 Å². The fourth-order valence-corrected chi connectivity index (χ4v) is 2.45. The van der Waals surface area contributed by atoms with Crippen LogP contribution in [-0.4, -0.2) is 9.78 Å². The SMILES string of the molecule is Cc1c(CNCc2ccc(C3CC3C)o2)cnn1C. The maximum absolute atomic E-state index is 5.87. The lowest BCUT2D eigenvalue weighted by Crippen LogP contribution is -2.12. The minimum Gasteiger partial charge on any atom is -0.464 e. The summed E-state index contributed by atoms with van der Waals surface area (Å²) in [5.41, 5.74) is 2.45. The standard InChI is InChI=1S/C15H21N3O/c1-10-6-14(10)15-5-4-13(19-15)9-16-7-12-8-17-18(3)11(12)2/h4-5,8,10,14,16H,6-7,9H2,1-3H3. The molecular weight excluding hydrogens is 238 g/mol. The van der Waals surface area contributed by atoms with Crippen LogP contribution in [0.5, 0.6) is 0 Å². The van der Waals surface area contributed by atoms with Gasteiger partial charge in [0, 0.05) is 30.8 Å². The van der Waals surface area contributed by atoms with Crippen molar-refractivity contribution in [2.75, 3.05) is 0 Å². The number of rotatable bonds is 5. The zero-order valence-corrected chi connectivity index (χ0v) is 11.8. The Morgan fingerprint density at radius 1 is 1.42 bits per heavy atom. The van der Waals surface area contributed by atoms with Crippen molar-refractivity contribution in [1.82, 2.24) is 15.1 Å². The molecule has 0 aromatic carbocycles. The Labute approximate surface area is 113 Å². The summed E-state index contributed by atoms with van der Waals surface area (Å²) in [6.07, 6.45) is 3.19. The zero-order valence-electron chi connectivity index (χ0n) is 11.8. The predicted octanol–water partition coefficient (Wildman–Crippen LogP) is 2.73. The first-order chi connectivity index (χ1) is 9.15. The van der Waals surface area contributed by atoms with Gasteiger partial charge in [-0.05, 0) is 31.4 Å². The van der Waals surface area contributed by atoms with Crippen LogP contribution in [0.1, 0.15) is 42.0 Å². The molecule has 1 saturated carbocycles. The summed E-state index contributed by atoms with van der Waals surface area (Å²) in [6.45, 7) is 5.96. The number of furan rings is 1. The molecule has 2 unspecified atom stereocenters. The van der Waals surface area contributed by atoms with Crippen molar-refractivity contribution in [3.63, 3.8) is 0 Å². The molecule has 0 aliphatic heterocycles. The molecule has 1 fully saturated rings. The van der Waals surface area contributed by atoms with Crippen molar-refractivity contribution in [3.8, 4) is 0 Å². The van der Waals surface area contributed by atoms with Crippen LogP contribution in [0.2, 0.25) is 0 Å².